The van der Waals surface area contributed by atoms with Crippen LogP contribution in [0.1, 0.15) is 11.6 Å². The van der Waals surface area contributed by atoms with Crippen molar-refractivity contribution in [2.45, 2.75) is 13.8 Å². The first kappa shape index (κ1) is 9.85. The summed E-state index contributed by atoms with van der Waals surface area (Å²) in [5.74, 6) is 1.12. The smallest absolute Gasteiger partial charge is 0.252 e. The molecule has 80 valence electrons. The van der Waals surface area contributed by atoms with Gasteiger partial charge in [0.05, 0.1) is 5.69 Å². The summed E-state index contributed by atoms with van der Waals surface area (Å²) >= 11 is 0. The summed E-state index contributed by atoms with van der Waals surface area (Å²) < 4.78 is 5.34. The molecule has 2 rings (SSSR count). The third-order valence-electron chi connectivity index (χ3n) is 1.97. The minimum atomic E-state index is 0.513. The van der Waals surface area contributed by atoms with Gasteiger partial charge < -0.3 is 15.5 Å². The van der Waals surface area contributed by atoms with E-state index in [-0.39, 0.29) is 0 Å². The Morgan fingerprint density at radius 3 is 2.80 bits per heavy atom. The molecule has 0 amide bonds. The van der Waals surface area contributed by atoms with Gasteiger partial charge in [-0.1, -0.05) is 0 Å². The lowest BCUT2D eigenvalue weighted by atomic mass is 10.4. The van der Waals surface area contributed by atoms with Gasteiger partial charge in [0.1, 0.15) is 0 Å². The average Bonchev–Trinajstić information content (AvgIpc) is 2.56. The molecule has 2 heterocycles. The first-order valence-electron chi connectivity index (χ1n) is 4.76. The fourth-order valence-electron chi connectivity index (χ4n) is 1.32. The summed E-state index contributed by atoms with van der Waals surface area (Å²) in [6, 6.07) is 0. The van der Waals surface area contributed by atoms with Gasteiger partial charge in [0.25, 0.3) is 5.71 Å². The van der Waals surface area contributed by atoms with Crippen LogP contribution in [0.2, 0.25) is 0 Å². The average molecular weight is 207 g/mol. The Balaban J connectivity index is 2.42. The van der Waals surface area contributed by atoms with E-state index in [9.17, 15) is 0 Å². The molecular weight excluding hydrogens is 194 g/mol. The normalized spacial score (nSPS) is 10.9. The Bertz CT molecular complexity index is 479. The molecule has 0 unspecified atom stereocenters. The van der Waals surface area contributed by atoms with Crippen LogP contribution in [-0.4, -0.2) is 28.0 Å². The van der Waals surface area contributed by atoms with Crippen molar-refractivity contribution in [3.8, 4) is 0 Å². The molecule has 2 aromatic rings. The highest BCUT2D eigenvalue weighted by Gasteiger charge is 2.09. The van der Waals surface area contributed by atoms with Crippen molar-refractivity contribution in [1.82, 2.24) is 15.0 Å². The van der Waals surface area contributed by atoms with Gasteiger partial charge in [-0.2, -0.15) is 4.98 Å². The molecule has 6 heteroatoms. The predicted molar refractivity (Wildman–Crippen MR) is 56.6 cm³/mol. The summed E-state index contributed by atoms with van der Waals surface area (Å²) in [7, 11) is 0. The quantitative estimate of drug-likeness (QED) is 0.766. The van der Waals surface area contributed by atoms with Gasteiger partial charge in [-0.05, 0) is 6.92 Å². The van der Waals surface area contributed by atoms with Crippen molar-refractivity contribution >= 4 is 17.2 Å². The molecule has 15 heavy (non-hydrogen) atoms. The summed E-state index contributed by atoms with van der Waals surface area (Å²) in [5, 5.41) is 3.00. The van der Waals surface area contributed by atoms with E-state index in [1.807, 2.05) is 6.92 Å². The zero-order valence-electron chi connectivity index (χ0n) is 8.74. The third-order valence-corrected chi connectivity index (χ3v) is 1.97. The first-order chi connectivity index (χ1) is 7.20. The van der Waals surface area contributed by atoms with Gasteiger partial charge in [0.15, 0.2) is 11.4 Å². The van der Waals surface area contributed by atoms with Gasteiger partial charge in [-0.15, -0.1) is 0 Å². The van der Waals surface area contributed by atoms with Gasteiger partial charge in [0, 0.05) is 20.0 Å². The predicted octanol–water partition coefficient (Wildman–Crippen LogP) is 0.605. The highest BCUT2D eigenvalue weighted by atomic mass is 16.4. The molecule has 2 aromatic heterocycles. The number of hydrogen-bond acceptors (Lipinski definition) is 6. The molecule has 0 saturated heterocycles. The fourth-order valence-corrected chi connectivity index (χ4v) is 1.32. The SMILES string of the molecule is Cc1nc2c(C)nc(NCCN)nc2o1. The fraction of sp³-hybridized carbons (Fsp3) is 0.444. The van der Waals surface area contributed by atoms with Crippen LogP contribution < -0.4 is 11.1 Å². The first-order valence-corrected chi connectivity index (χ1v) is 4.76. The number of hydrogen-bond donors (Lipinski definition) is 2. The molecule has 0 aliphatic heterocycles. The molecule has 0 aliphatic rings. The number of aromatic nitrogens is 3. The largest absolute Gasteiger partial charge is 0.422 e. The Labute approximate surface area is 86.9 Å². The Morgan fingerprint density at radius 1 is 1.27 bits per heavy atom. The minimum absolute atomic E-state index is 0.513. The minimum Gasteiger partial charge on any atom is -0.422 e. The zero-order valence-corrected chi connectivity index (χ0v) is 8.74. The van der Waals surface area contributed by atoms with Crippen molar-refractivity contribution in [1.29, 1.82) is 0 Å². The standard InChI is InChI=1S/C9H13N5O/c1-5-7-8(15-6(2)13-7)14-9(12-5)11-4-3-10/h3-4,10H2,1-2H3,(H,11,12,14). The number of nitrogens with one attached hydrogen (secondary N) is 1. The van der Waals surface area contributed by atoms with Crippen LogP contribution in [0.4, 0.5) is 5.95 Å². The van der Waals surface area contributed by atoms with Crippen molar-refractivity contribution in [3.05, 3.63) is 11.6 Å². The van der Waals surface area contributed by atoms with Crippen molar-refractivity contribution in [2.24, 2.45) is 5.73 Å². The number of nitrogens with zero attached hydrogens (tertiary/aromatic N) is 3. The molecule has 0 saturated carbocycles. The van der Waals surface area contributed by atoms with E-state index < -0.39 is 0 Å². The maximum atomic E-state index is 5.38. The number of oxazole rings is 1. The lowest BCUT2D eigenvalue weighted by Gasteiger charge is -2.02. The number of anilines is 1. The van der Waals surface area contributed by atoms with Crippen molar-refractivity contribution < 1.29 is 4.42 Å². The molecule has 0 spiro atoms. The molecule has 0 bridgehead atoms. The van der Waals surface area contributed by atoms with E-state index in [2.05, 4.69) is 20.3 Å². The van der Waals surface area contributed by atoms with Crippen LogP contribution in [0.5, 0.6) is 0 Å². The van der Waals surface area contributed by atoms with Gasteiger partial charge in [-0.3, -0.25) is 0 Å². The van der Waals surface area contributed by atoms with Crippen molar-refractivity contribution in [2.75, 3.05) is 18.4 Å². The van der Waals surface area contributed by atoms with E-state index in [1.54, 1.807) is 6.92 Å². The van der Waals surface area contributed by atoms with E-state index in [4.69, 9.17) is 10.2 Å². The lowest BCUT2D eigenvalue weighted by molar-refractivity contribution is 0.551. The van der Waals surface area contributed by atoms with E-state index in [0.717, 1.165) is 5.69 Å². The molecule has 0 aliphatic carbocycles. The molecule has 0 fully saturated rings. The summed E-state index contributed by atoms with van der Waals surface area (Å²) in [4.78, 5) is 12.6. The number of rotatable bonds is 3. The molecular formula is C9H13N5O. The molecule has 0 radical (unpaired) electrons. The summed E-state index contributed by atoms with van der Waals surface area (Å²) in [6.07, 6.45) is 0. The molecule has 0 atom stereocenters. The van der Waals surface area contributed by atoms with E-state index >= 15 is 0 Å². The second kappa shape index (κ2) is 3.82. The van der Waals surface area contributed by atoms with Crippen LogP contribution in [0.3, 0.4) is 0 Å². The van der Waals surface area contributed by atoms with Crippen LogP contribution >= 0.6 is 0 Å². The molecule has 6 nitrogen and oxygen atoms in total. The highest BCUT2D eigenvalue weighted by molar-refractivity contribution is 5.72. The third kappa shape index (κ3) is 1.89. The topological polar surface area (TPSA) is 89.9 Å². The van der Waals surface area contributed by atoms with E-state index in [0.29, 0.717) is 36.2 Å². The number of aryl methyl sites for hydroxylation is 2. The Hall–Kier alpha value is -1.69. The lowest BCUT2D eigenvalue weighted by Crippen LogP contribution is -2.15. The van der Waals surface area contributed by atoms with Crippen LogP contribution in [-0.2, 0) is 0 Å². The van der Waals surface area contributed by atoms with Crippen LogP contribution in [0.25, 0.3) is 11.2 Å². The maximum Gasteiger partial charge on any atom is 0.252 e. The van der Waals surface area contributed by atoms with Crippen LogP contribution in [0.15, 0.2) is 4.42 Å². The highest BCUT2D eigenvalue weighted by Crippen LogP contribution is 2.17. The monoisotopic (exact) mass is 207 g/mol. The number of nitrogens with two attached hydrogens (primary N) is 1. The van der Waals surface area contributed by atoms with E-state index in [1.165, 1.54) is 0 Å². The Kier molecular flexibility index (Phi) is 2.51. The summed E-state index contributed by atoms with van der Waals surface area (Å²) in [5.41, 5.74) is 7.41. The van der Waals surface area contributed by atoms with Gasteiger partial charge in [-0.25, -0.2) is 9.97 Å². The van der Waals surface area contributed by atoms with Crippen LogP contribution in [0, 0.1) is 13.8 Å². The second-order valence-electron chi connectivity index (χ2n) is 3.23. The van der Waals surface area contributed by atoms with Gasteiger partial charge in [0.2, 0.25) is 5.95 Å². The molecule has 3 N–H and O–H groups in total. The zero-order chi connectivity index (χ0) is 10.8. The summed E-state index contributed by atoms with van der Waals surface area (Å²) in [6.45, 7) is 4.83. The van der Waals surface area contributed by atoms with Gasteiger partial charge >= 0.3 is 0 Å². The Morgan fingerprint density at radius 2 is 2.07 bits per heavy atom. The number of fused-ring (bicyclic) bond motifs is 1. The maximum absolute atomic E-state index is 5.38. The second-order valence-corrected chi connectivity index (χ2v) is 3.23. The molecule has 0 aromatic carbocycles. The van der Waals surface area contributed by atoms with Crippen molar-refractivity contribution in [3.63, 3.8) is 0 Å².